The maximum absolute atomic E-state index is 14.4. The molecule has 65 heavy (non-hydrogen) atoms. The van der Waals surface area contributed by atoms with Crippen molar-refractivity contribution in [3.8, 4) is 0 Å². The molecule has 1 aliphatic carbocycles. The molecule has 10 heteroatoms. The molecular weight excluding hydrogens is 813 g/mol. The third-order valence-electron chi connectivity index (χ3n) is 14.3. The van der Waals surface area contributed by atoms with Gasteiger partial charge in [-0.15, -0.1) is 0 Å². The summed E-state index contributed by atoms with van der Waals surface area (Å²) < 4.78 is 10.9. The van der Waals surface area contributed by atoms with Crippen LogP contribution >= 0.6 is 0 Å². The van der Waals surface area contributed by atoms with Crippen LogP contribution in [0.3, 0.4) is 0 Å². The zero-order valence-electron chi connectivity index (χ0n) is 41.0. The lowest BCUT2D eigenvalue weighted by Crippen LogP contribution is -2.46. The van der Waals surface area contributed by atoms with Gasteiger partial charge in [0.15, 0.2) is 0 Å². The predicted molar refractivity (Wildman–Crippen MR) is 263 cm³/mol. The molecular formula is C55H72N4O6. The summed E-state index contributed by atoms with van der Waals surface area (Å²) in [5.41, 5.74) is 7.53. The molecule has 0 aromatic carbocycles. The quantitative estimate of drug-likeness (QED) is 0.0733. The molecule has 5 heterocycles. The van der Waals surface area contributed by atoms with Gasteiger partial charge in [-0.05, 0) is 118 Å². The Balaban J connectivity index is 1.22. The molecule has 0 saturated heterocycles. The molecule has 1 saturated carbocycles. The summed E-state index contributed by atoms with van der Waals surface area (Å²) in [6.07, 6.45) is 21.7. The van der Waals surface area contributed by atoms with Crippen LogP contribution in [0.5, 0.6) is 0 Å². The summed E-state index contributed by atoms with van der Waals surface area (Å²) in [6.45, 7) is 25.6. The van der Waals surface area contributed by atoms with Crippen LogP contribution in [-0.2, 0) is 23.9 Å². The second-order valence-electron chi connectivity index (χ2n) is 19.6. The number of ether oxygens (including phenoxy) is 2. The highest BCUT2D eigenvalue weighted by Crippen LogP contribution is 2.49. The number of allylic oxidation sites excluding steroid dienone is 11. The molecule has 348 valence electrons. The number of nitrogens with zero attached hydrogens (tertiary/aromatic N) is 4. The molecule has 6 rings (SSSR count). The Morgan fingerprint density at radius 2 is 1.46 bits per heavy atom. The van der Waals surface area contributed by atoms with Crippen molar-refractivity contribution in [2.24, 2.45) is 49.6 Å². The topological polar surface area (TPSA) is 139 Å². The fourth-order valence-corrected chi connectivity index (χ4v) is 10.1. The highest BCUT2D eigenvalue weighted by Gasteiger charge is 2.62. The first kappa shape index (κ1) is 49.3. The van der Waals surface area contributed by atoms with Crippen molar-refractivity contribution in [3.05, 3.63) is 104 Å². The van der Waals surface area contributed by atoms with Crippen LogP contribution in [-0.4, -0.2) is 65.0 Å². The Kier molecular flexibility index (Phi) is 16.0. The van der Waals surface area contributed by atoms with E-state index in [1.807, 2.05) is 45.1 Å². The van der Waals surface area contributed by atoms with Crippen molar-refractivity contribution in [3.63, 3.8) is 0 Å². The minimum atomic E-state index is -2.69. The minimum Gasteiger partial charge on any atom is -0.466 e. The first-order valence-electron chi connectivity index (χ1n) is 24.1. The molecule has 0 aromatic heterocycles. The Morgan fingerprint density at radius 1 is 0.846 bits per heavy atom. The van der Waals surface area contributed by atoms with E-state index in [-0.39, 0.29) is 48.2 Å². The number of esters is 2. The fourth-order valence-electron chi connectivity index (χ4n) is 10.1. The first-order chi connectivity index (χ1) is 30.9. The van der Waals surface area contributed by atoms with Gasteiger partial charge in [0, 0.05) is 29.5 Å². The Morgan fingerprint density at radius 3 is 2.11 bits per heavy atom. The number of methoxy groups -OCH3 is 1. The van der Waals surface area contributed by atoms with Crippen molar-refractivity contribution >= 4 is 40.6 Å². The average molecular weight is 885 g/mol. The van der Waals surface area contributed by atoms with Crippen LogP contribution in [0.4, 0.5) is 0 Å². The van der Waals surface area contributed by atoms with Gasteiger partial charge in [-0.1, -0.05) is 105 Å². The van der Waals surface area contributed by atoms with E-state index in [9.17, 15) is 19.5 Å². The van der Waals surface area contributed by atoms with Gasteiger partial charge in [-0.25, -0.2) is 19.8 Å². The average Bonchev–Trinajstić information content (AvgIpc) is 3.99. The number of fused-ring (bicyclic) bond motifs is 4. The number of carbonyl (C=O) groups excluding carboxylic acids is 3. The fraction of sp³-hybridized carbons (Fsp3) is 0.545. The highest BCUT2D eigenvalue weighted by molar-refractivity contribution is 6.46. The monoisotopic (exact) mass is 885 g/mol. The molecule has 10 nitrogen and oxygen atoms in total. The summed E-state index contributed by atoms with van der Waals surface area (Å²) in [6, 6.07) is 0. The first-order valence-corrected chi connectivity index (χ1v) is 24.1. The van der Waals surface area contributed by atoms with Gasteiger partial charge in [0.05, 0.1) is 58.2 Å². The maximum Gasteiger partial charge on any atom is 0.351 e. The maximum atomic E-state index is 14.4. The van der Waals surface area contributed by atoms with Gasteiger partial charge in [0.2, 0.25) is 5.78 Å². The van der Waals surface area contributed by atoms with Crippen molar-refractivity contribution in [2.75, 3.05) is 13.7 Å². The van der Waals surface area contributed by atoms with Crippen LogP contribution in [0.2, 0.25) is 0 Å². The Hall–Kier alpha value is -5.09. The zero-order valence-corrected chi connectivity index (χ0v) is 41.0. The second kappa shape index (κ2) is 21.0. The number of aliphatic hydroxyl groups is 1. The summed E-state index contributed by atoms with van der Waals surface area (Å²) in [5, 5.41) is 12.3. The lowest BCUT2D eigenvalue weighted by Gasteiger charge is -2.24. The minimum absolute atomic E-state index is 0.0108. The van der Waals surface area contributed by atoms with Crippen LogP contribution in [0, 0.1) is 29.6 Å². The number of hydrogen-bond donors (Lipinski definition) is 1. The molecule has 0 spiro atoms. The molecule has 1 fully saturated rings. The van der Waals surface area contributed by atoms with Gasteiger partial charge in [-0.2, -0.15) is 0 Å². The van der Waals surface area contributed by atoms with Crippen LogP contribution in [0.1, 0.15) is 146 Å². The van der Waals surface area contributed by atoms with E-state index in [0.717, 1.165) is 65.5 Å². The number of Topliss-reactive ketones (excluding diaryl/α,β-unsaturated/α-hetero) is 1. The van der Waals surface area contributed by atoms with Gasteiger partial charge < -0.3 is 14.6 Å². The molecule has 6 aliphatic rings. The SMILES string of the molecule is C=CC1=C(C)C2=CC3=NC(=C4C5=NC(=CC6=NC(=CC1=N2)C(C)=C6CC)C(C)=C5C(=O)C4(O)C(=O)OC)C(CCC(=O)OCC=C(C)CCCC(C)CCCC(C)CCCC(C)C)C3C. The summed E-state index contributed by atoms with van der Waals surface area (Å²) >= 11 is 0. The van der Waals surface area contributed by atoms with E-state index in [4.69, 9.17) is 29.4 Å². The number of rotatable bonds is 20. The number of ketones is 1. The van der Waals surface area contributed by atoms with Crippen molar-refractivity contribution in [2.45, 2.75) is 152 Å². The molecule has 0 aromatic rings. The van der Waals surface area contributed by atoms with E-state index >= 15 is 0 Å². The lowest BCUT2D eigenvalue weighted by atomic mass is 9.82. The van der Waals surface area contributed by atoms with E-state index in [1.165, 1.54) is 50.5 Å². The second-order valence-corrected chi connectivity index (χ2v) is 19.6. The van der Waals surface area contributed by atoms with Crippen LogP contribution < -0.4 is 0 Å². The van der Waals surface area contributed by atoms with E-state index < -0.39 is 23.3 Å². The predicted octanol–water partition coefficient (Wildman–Crippen LogP) is 11.7. The standard InChI is InChI=1S/C55H72N4O6/c1-13-39-35(8)42-28-44-37(10)41(24-25-48(60)65-27-26-34(7)23-17-22-33(6)21-16-20-32(5)19-15-18-31(3)4)51(58-44)50-52-49(53(61)55(50,63)54(62)64-12)38(11)45(59-52)30-47-40(14-2)36(9)43(57-47)29-46(39)56-42/h13,26,28-33,37,41,63H,1,14-25,27H2,2-12H3. The smallest absolute Gasteiger partial charge is 0.351 e. The third kappa shape index (κ3) is 10.3. The summed E-state index contributed by atoms with van der Waals surface area (Å²) in [7, 11) is 1.14. The molecule has 0 radical (unpaired) electrons. The molecule has 0 amide bonds. The highest BCUT2D eigenvalue weighted by atomic mass is 16.5. The lowest BCUT2D eigenvalue weighted by molar-refractivity contribution is -0.161. The van der Waals surface area contributed by atoms with Crippen molar-refractivity contribution in [1.29, 1.82) is 0 Å². The largest absolute Gasteiger partial charge is 0.466 e. The van der Waals surface area contributed by atoms with Crippen LogP contribution in [0.25, 0.3) is 0 Å². The summed E-state index contributed by atoms with van der Waals surface area (Å²) in [4.78, 5) is 61.7. The number of aliphatic imine (C=N–C) groups is 4. The molecule has 5 atom stereocenters. The van der Waals surface area contributed by atoms with Gasteiger partial charge in [-0.3, -0.25) is 14.6 Å². The van der Waals surface area contributed by atoms with Gasteiger partial charge in [0.25, 0.3) is 5.60 Å². The Labute approximate surface area is 387 Å². The molecule has 1 N–H and O–H groups in total. The van der Waals surface area contributed by atoms with Crippen LogP contribution in [0.15, 0.2) is 124 Å². The molecule has 8 bridgehead atoms. The number of carbonyl (C=O) groups is 3. The van der Waals surface area contributed by atoms with Gasteiger partial charge in [0.1, 0.15) is 6.61 Å². The third-order valence-corrected chi connectivity index (χ3v) is 14.3. The molecule has 5 aliphatic heterocycles. The van der Waals surface area contributed by atoms with Gasteiger partial charge >= 0.3 is 11.9 Å². The number of hydrogen-bond acceptors (Lipinski definition) is 10. The van der Waals surface area contributed by atoms with E-state index in [2.05, 4.69) is 48.1 Å². The normalized spacial score (nSPS) is 23.7. The van der Waals surface area contributed by atoms with E-state index in [0.29, 0.717) is 46.4 Å². The van der Waals surface area contributed by atoms with E-state index in [1.54, 1.807) is 13.0 Å². The Bertz CT molecular complexity index is 2380. The zero-order chi connectivity index (χ0) is 47.3. The van der Waals surface area contributed by atoms with Crippen molar-refractivity contribution < 1.29 is 29.0 Å². The summed E-state index contributed by atoms with van der Waals surface area (Å²) in [5.74, 6) is -0.824. The van der Waals surface area contributed by atoms with Crippen molar-refractivity contribution in [1.82, 2.24) is 0 Å². The molecule has 5 unspecified atom stereocenters.